The van der Waals surface area contributed by atoms with Crippen LogP contribution >= 0.6 is 11.3 Å². The molecule has 5 heterocycles. The first kappa shape index (κ1) is 35.6. The predicted molar refractivity (Wildman–Crippen MR) is 263 cm³/mol. The highest BCUT2D eigenvalue weighted by atomic mass is 32.1. The van der Waals surface area contributed by atoms with Crippen molar-refractivity contribution in [1.29, 1.82) is 0 Å². The number of aromatic nitrogens is 5. The molecule has 6 heteroatoms. The van der Waals surface area contributed by atoms with Gasteiger partial charge in [-0.25, -0.2) is 9.97 Å². The average Bonchev–Trinajstić information content (AvgIpc) is 4.01. The minimum absolute atomic E-state index is 0.644. The Morgan fingerprint density at radius 2 is 0.873 bits per heavy atom. The van der Waals surface area contributed by atoms with E-state index in [2.05, 4.69) is 197 Å². The summed E-state index contributed by atoms with van der Waals surface area (Å²) in [5, 5.41) is 5.96. The lowest BCUT2D eigenvalue weighted by Gasteiger charge is -2.12. The van der Waals surface area contributed by atoms with Crippen LogP contribution in [0.25, 0.3) is 120 Å². The third-order valence-corrected chi connectivity index (χ3v) is 13.5. The topological polar surface area (TPSA) is 48.5 Å². The summed E-state index contributed by atoms with van der Waals surface area (Å²) in [5.74, 6) is 0.644. The zero-order valence-corrected chi connectivity index (χ0v) is 34.7. The average molecular weight is 822 g/mol. The number of hydrogen-bond acceptors (Lipinski definition) is 4. The van der Waals surface area contributed by atoms with Gasteiger partial charge in [0.2, 0.25) is 5.95 Å². The van der Waals surface area contributed by atoms with Gasteiger partial charge in [0, 0.05) is 54.6 Å². The van der Waals surface area contributed by atoms with Crippen molar-refractivity contribution in [3.05, 3.63) is 212 Å². The van der Waals surface area contributed by atoms with Gasteiger partial charge in [-0.1, -0.05) is 127 Å². The summed E-state index contributed by atoms with van der Waals surface area (Å²) >= 11 is 1.80. The van der Waals surface area contributed by atoms with Gasteiger partial charge in [0.05, 0.1) is 43.7 Å². The lowest BCUT2D eigenvalue weighted by atomic mass is 9.97. The fourth-order valence-electron chi connectivity index (χ4n) is 9.45. The number of rotatable bonds is 6. The summed E-state index contributed by atoms with van der Waals surface area (Å²) in [5.41, 5.74) is 15.2. The van der Waals surface area contributed by atoms with E-state index in [1.165, 1.54) is 47.7 Å². The van der Waals surface area contributed by atoms with Gasteiger partial charge in [0.25, 0.3) is 0 Å². The van der Waals surface area contributed by atoms with Gasteiger partial charge in [0.15, 0.2) is 0 Å². The highest BCUT2D eigenvalue weighted by Crippen LogP contribution is 2.40. The Kier molecular flexibility index (Phi) is 8.01. The van der Waals surface area contributed by atoms with Gasteiger partial charge in [-0.15, -0.1) is 11.3 Å². The normalized spacial score (nSPS) is 11.8. The number of para-hydroxylation sites is 2. The van der Waals surface area contributed by atoms with E-state index in [0.717, 1.165) is 66.7 Å². The maximum Gasteiger partial charge on any atom is 0.235 e. The number of pyridine rings is 1. The van der Waals surface area contributed by atoms with Crippen LogP contribution in [0.5, 0.6) is 0 Å². The lowest BCUT2D eigenvalue weighted by molar-refractivity contribution is 0.995. The van der Waals surface area contributed by atoms with Gasteiger partial charge in [-0.3, -0.25) is 9.55 Å². The molecule has 0 spiro atoms. The Morgan fingerprint density at radius 1 is 0.333 bits per heavy atom. The molecule has 0 radical (unpaired) electrons. The summed E-state index contributed by atoms with van der Waals surface area (Å²) in [6, 6.07) is 73.7. The van der Waals surface area contributed by atoms with E-state index in [9.17, 15) is 0 Å². The van der Waals surface area contributed by atoms with Crippen molar-refractivity contribution in [3.8, 4) is 56.4 Å². The molecule has 13 aromatic rings. The second-order valence-corrected chi connectivity index (χ2v) is 17.1. The highest BCUT2D eigenvalue weighted by molar-refractivity contribution is 7.25. The molecule has 0 unspecified atom stereocenters. The number of nitrogens with zero attached hydrogens (tertiary/aromatic N) is 5. The van der Waals surface area contributed by atoms with E-state index in [4.69, 9.17) is 15.0 Å². The first-order valence-corrected chi connectivity index (χ1v) is 22.0. The van der Waals surface area contributed by atoms with Crippen molar-refractivity contribution in [2.45, 2.75) is 0 Å². The van der Waals surface area contributed by atoms with Crippen molar-refractivity contribution in [3.63, 3.8) is 0 Å². The third-order valence-electron chi connectivity index (χ3n) is 12.4. The summed E-state index contributed by atoms with van der Waals surface area (Å²) < 4.78 is 7.07. The molecule has 63 heavy (non-hydrogen) atoms. The summed E-state index contributed by atoms with van der Waals surface area (Å²) in [4.78, 5) is 15.2. The molecule has 0 aliphatic rings. The number of thiophene rings is 1. The molecule has 5 nitrogen and oxygen atoms in total. The van der Waals surface area contributed by atoms with Crippen LogP contribution in [0.2, 0.25) is 0 Å². The Balaban J connectivity index is 0.920. The van der Waals surface area contributed by atoms with Crippen LogP contribution in [-0.4, -0.2) is 24.1 Å². The van der Waals surface area contributed by atoms with Crippen LogP contribution in [-0.2, 0) is 0 Å². The molecule has 0 atom stereocenters. The van der Waals surface area contributed by atoms with Crippen LogP contribution in [0.4, 0.5) is 0 Å². The Hall–Kier alpha value is -8.19. The van der Waals surface area contributed by atoms with Crippen LogP contribution in [0, 0.1) is 0 Å². The second-order valence-electron chi connectivity index (χ2n) is 16.1. The SMILES string of the molecule is c1ccc(-c2cc(-c3ccccc3)nc(-n3c4ccccc4c4cc(-c5cccc(-c6ccc7c(c6)c6ccccc6n7-c6ccc7sc8cccnc8c7c6)c5)ccc43)n2)cc1. The van der Waals surface area contributed by atoms with Gasteiger partial charge in [0.1, 0.15) is 0 Å². The maximum absolute atomic E-state index is 5.23. The van der Waals surface area contributed by atoms with Crippen molar-refractivity contribution < 1.29 is 0 Å². The molecule has 0 saturated heterocycles. The molecule has 0 fully saturated rings. The van der Waals surface area contributed by atoms with Crippen molar-refractivity contribution >= 4 is 75.3 Å². The van der Waals surface area contributed by atoms with E-state index in [-0.39, 0.29) is 0 Å². The monoisotopic (exact) mass is 821 g/mol. The third kappa shape index (κ3) is 5.80. The largest absolute Gasteiger partial charge is 0.309 e. The summed E-state index contributed by atoms with van der Waals surface area (Å²) in [7, 11) is 0. The minimum Gasteiger partial charge on any atom is -0.309 e. The predicted octanol–water partition coefficient (Wildman–Crippen LogP) is 15.1. The van der Waals surface area contributed by atoms with E-state index >= 15 is 0 Å². The van der Waals surface area contributed by atoms with Gasteiger partial charge < -0.3 is 4.57 Å². The first-order valence-electron chi connectivity index (χ1n) is 21.2. The molecule has 8 aromatic carbocycles. The van der Waals surface area contributed by atoms with Crippen LogP contribution < -0.4 is 0 Å². The minimum atomic E-state index is 0.644. The molecule has 0 aliphatic carbocycles. The van der Waals surface area contributed by atoms with Gasteiger partial charge in [-0.05, 0) is 101 Å². The molecule has 294 valence electrons. The van der Waals surface area contributed by atoms with Gasteiger partial charge in [-0.2, -0.15) is 0 Å². The van der Waals surface area contributed by atoms with E-state index in [1.54, 1.807) is 11.3 Å². The molecule has 0 saturated carbocycles. The van der Waals surface area contributed by atoms with Crippen molar-refractivity contribution in [1.82, 2.24) is 24.1 Å². The molecule has 0 amide bonds. The fourth-order valence-corrected chi connectivity index (χ4v) is 10.5. The van der Waals surface area contributed by atoms with E-state index < -0.39 is 0 Å². The number of benzene rings is 8. The summed E-state index contributed by atoms with van der Waals surface area (Å²) in [6.45, 7) is 0. The molecule has 5 aromatic heterocycles. The number of fused-ring (bicyclic) bond motifs is 9. The molecular weight excluding hydrogens is 787 g/mol. The Labute approximate surface area is 366 Å². The quantitative estimate of drug-likeness (QED) is 0.168. The Morgan fingerprint density at radius 3 is 1.52 bits per heavy atom. The zero-order chi connectivity index (χ0) is 41.4. The first-order chi connectivity index (χ1) is 31.2. The fraction of sp³-hybridized carbons (Fsp3) is 0. The van der Waals surface area contributed by atoms with Crippen molar-refractivity contribution in [2.24, 2.45) is 0 Å². The van der Waals surface area contributed by atoms with Crippen LogP contribution in [0.3, 0.4) is 0 Å². The maximum atomic E-state index is 5.23. The second kappa shape index (κ2) is 14.2. The standard InChI is InChI=1S/C57H35N5S/c1-3-13-36(14-4-1)48-35-49(37-15-5-2-6-16-37)60-57(59-48)62-51-22-10-8-20-44(51)46-33-41(25-28-53(46)62)39-18-11-17-38(31-39)40-24-27-52-45(32-40)43-19-7-9-21-50(43)61(52)42-26-29-54-47(34-42)56-55(63-54)23-12-30-58-56/h1-35H. The molecule has 0 bridgehead atoms. The van der Waals surface area contributed by atoms with Crippen molar-refractivity contribution in [2.75, 3.05) is 0 Å². The van der Waals surface area contributed by atoms with E-state index in [0.29, 0.717) is 5.95 Å². The lowest BCUT2D eigenvalue weighted by Crippen LogP contribution is -2.03. The zero-order valence-electron chi connectivity index (χ0n) is 33.9. The van der Waals surface area contributed by atoms with Gasteiger partial charge >= 0.3 is 0 Å². The molecular formula is C57H35N5S. The molecule has 0 N–H and O–H groups in total. The van der Waals surface area contributed by atoms with Crippen LogP contribution in [0.1, 0.15) is 0 Å². The smallest absolute Gasteiger partial charge is 0.235 e. The highest BCUT2D eigenvalue weighted by Gasteiger charge is 2.19. The molecule has 0 aliphatic heterocycles. The van der Waals surface area contributed by atoms with E-state index in [1.807, 2.05) is 24.4 Å². The molecule has 13 rings (SSSR count). The number of hydrogen-bond donors (Lipinski definition) is 0. The van der Waals surface area contributed by atoms with Crippen LogP contribution in [0.15, 0.2) is 212 Å². The Bertz CT molecular complexity index is 3860. The summed E-state index contributed by atoms with van der Waals surface area (Å²) in [6.07, 6.45) is 1.89.